The minimum Gasteiger partial charge on any atom is -0.469 e. The van der Waals surface area contributed by atoms with Crippen LogP contribution < -0.4 is 0 Å². The van der Waals surface area contributed by atoms with E-state index < -0.39 is 0 Å². The van der Waals surface area contributed by atoms with Gasteiger partial charge in [0, 0.05) is 0 Å². The van der Waals surface area contributed by atoms with Crippen molar-refractivity contribution in [3.8, 4) is 0 Å². The topological polar surface area (TPSA) is 38.8 Å². The first-order valence-corrected chi connectivity index (χ1v) is 4.53. The summed E-state index contributed by atoms with van der Waals surface area (Å²) >= 11 is 0. The first-order valence-electron chi connectivity index (χ1n) is 4.53. The Balaban J connectivity index is 1.83. The molecule has 2 fully saturated rings. The smallest absolute Gasteiger partial charge is 0.305 e. The molecule has 1 heterocycles. The average molecular weight is 170 g/mol. The maximum Gasteiger partial charge on any atom is 0.305 e. The Morgan fingerprint density at radius 1 is 1.58 bits per heavy atom. The molecular formula is C9H14O3. The van der Waals surface area contributed by atoms with Crippen molar-refractivity contribution in [2.24, 2.45) is 5.92 Å². The van der Waals surface area contributed by atoms with Crippen LogP contribution in [0, 0.1) is 5.92 Å². The molecule has 0 radical (unpaired) electrons. The summed E-state index contributed by atoms with van der Waals surface area (Å²) in [5.41, 5.74) is 0. The highest BCUT2D eigenvalue weighted by atomic mass is 16.6. The van der Waals surface area contributed by atoms with Gasteiger partial charge >= 0.3 is 5.97 Å². The highest BCUT2D eigenvalue weighted by Crippen LogP contribution is 2.42. The van der Waals surface area contributed by atoms with E-state index in [2.05, 4.69) is 4.74 Å². The zero-order valence-corrected chi connectivity index (χ0v) is 7.29. The van der Waals surface area contributed by atoms with Crippen molar-refractivity contribution >= 4 is 5.97 Å². The second-order valence-corrected chi connectivity index (χ2v) is 3.61. The third-order valence-electron chi connectivity index (χ3n) is 2.81. The molecule has 0 aromatic carbocycles. The summed E-state index contributed by atoms with van der Waals surface area (Å²) in [7, 11) is 1.44. The highest BCUT2D eigenvalue weighted by molar-refractivity contribution is 5.69. The fourth-order valence-electron chi connectivity index (χ4n) is 2.06. The molecule has 1 aliphatic heterocycles. The molecule has 12 heavy (non-hydrogen) atoms. The Morgan fingerprint density at radius 2 is 2.42 bits per heavy atom. The van der Waals surface area contributed by atoms with E-state index in [1.165, 1.54) is 20.0 Å². The molecule has 68 valence electrons. The van der Waals surface area contributed by atoms with Crippen LogP contribution in [0.3, 0.4) is 0 Å². The van der Waals surface area contributed by atoms with Crippen molar-refractivity contribution in [1.29, 1.82) is 0 Å². The van der Waals surface area contributed by atoms with Gasteiger partial charge in [-0.2, -0.15) is 0 Å². The molecule has 3 unspecified atom stereocenters. The summed E-state index contributed by atoms with van der Waals surface area (Å²) in [5, 5.41) is 0. The summed E-state index contributed by atoms with van der Waals surface area (Å²) < 4.78 is 10.1. The largest absolute Gasteiger partial charge is 0.469 e. The van der Waals surface area contributed by atoms with Crippen molar-refractivity contribution in [3.05, 3.63) is 0 Å². The van der Waals surface area contributed by atoms with Gasteiger partial charge in [0.15, 0.2) is 0 Å². The molecule has 0 spiro atoms. The van der Waals surface area contributed by atoms with Gasteiger partial charge in [-0.05, 0) is 18.8 Å². The number of ether oxygens (including phenoxy) is 2. The van der Waals surface area contributed by atoms with Crippen LogP contribution in [0.15, 0.2) is 0 Å². The van der Waals surface area contributed by atoms with E-state index in [0.29, 0.717) is 24.5 Å². The lowest BCUT2D eigenvalue weighted by Crippen LogP contribution is -2.20. The van der Waals surface area contributed by atoms with Crippen molar-refractivity contribution in [2.45, 2.75) is 37.9 Å². The van der Waals surface area contributed by atoms with Crippen LogP contribution in [0.2, 0.25) is 0 Å². The van der Waals surface area contributed by atoms with Crippen molar-refractivity contribution < 1.29 is 14.3 Å². The monoisotopic (exact) mass is 170 g/mol. The summed E-state index contributed by atoms with van der Waals surface area (Å²) in [6.45, 7) is 0. The number of fused-ring (bicyclic) bond motifs is 1. The Hall–Kier alpha value is -0.570. The number of methoxy groups -OCH3 is 1. The van der Waals surface area contributed by atoms with E-state index in [1.807, 2.05) is 0 Å². The quantitative estimate of drug-likeness (QED) is 0.460. The van der Waals surface area contributed by atoms with Crippen LogP contribution in [0.25, 0.3) is 0 Å². The fourth-order valence-corrected chi connectivity index (χ4v) is 2.06. The Bertz CT molecular complexity index is 190. The lowest BCUT2D eigenvalue weighted by Gasteiger charge is -2.16. The average Bonchev–Trinajstić information content (AvgIpc) is 2.84. The number of hydrogen-bond donors (Lipinski definition) is 0. The molecule has 3 nitrogen and oxygen atoms in total. The van der Waals surface area contributed by atoms with Gasteiger partial charge in [0.05, 0.1) is 25.7 Å². The normalized spacial score (nSPS) is 38.6. The van der Waals surface area contributed by atoms with E-state index >= 15 is 0 Å². The summed E-state index contributed by atoms with van der Waals surface area (Å²) in [6, 6.07) is 0. The number of esters is 1. The molecule has 2 rings (SSSR count). The maximum atomic E-state index is 11.0. The van der Waals surface area contributed by atoms with Gasteiger partial charge in [-0.25, -0.2) is 0 Å². The molecule has 3 atom stereocenters. The van der Waals surface area contributed by atoms with E-state index in [1.54, 1.807) is 0 Å². The first-order chi connectivity index (χ1) is 5.81. The van der Waals surface area contributed by atoms with Crippen molar-refractivity contribution in [1.82, 2.24) is 0 Å². The van der Waals surface area contributed by atoms with Crippen LogP contribution in [0.1, 0.15) is 25.7 Å². The molecule has 1 saturated heterocycles. The lowest BCUT2D eigenvalue weighted by atomic mass is 9.87. The molecule has 1 saturated carbocycles. The van der Waals surface area contributed by atoms with E-state index in [4.69, 9.17) is 4.74 Å². The number of carbonyl (C=O) groups excluding carboxylic acids is 1. The summed E-state index contributed by atoms with van der Waals surface area (Å²) in [5.74, 6) is 0.326. The minimum absolute atomic E-state index is 0.101. The predicted molar refractivity (Wildman–Crippen MR) is 42.6 cm³/mol. The number of epoxide rings is 1. The van der Waals surface area contributed by atoms with Crippen LogP contribution in [-0.2, 0) is 14.3 Å². The highest BCUT2D eigenvalue weighted by Gasteiger charge is 2.47. The van der Waals surface area contributed by atoms with Crippen molar-refractivity contribution in [2.75, 3.05) is 7.11 Å². The third-order valence-corrected chi connectivity index (χ3v) is 2.81. The third kappa shape index (κ3) is 1.46. The molecule has 0 N–H and O–H groups in total. The van der Waals surface area contributed by atoms with Crippen molar-refractivity contribution in [3.63, 3.8) is 0 Å². The minimum atomic E-state index is -0.101. The molecule has 1 aliphatic carbocycles. The molecule has 0 aromatic heterocycles. The van der Waals surface area contributed by atoms with Crippen LogP contribution in [0.5, 0.6) is 0 Å². The second kappa shape index (κ2) is 3.05. The molecule has 0 bridgehead atoms. The number of carbonyl (C=O) groups is 1. The van der Waals surface area contributed by atoms with Crippen LogP contribution in [-0.4, -0.2) is 25.3 Å². The number of rotatable bonds is 2. The van der Waals surface area contributed by atoms with E-state index in [0.717, 1.165) is 6.42 Å². The summed E-state index contributed by atoms with van der Waals surface area (Å²) in [4.78, 5) is 11.0. The SMILES string of the molecule is COC(=O)CC1CCCC2OC12. The molecule has 3 heteroatoms. The first kappa shape index (κ1) is 8.05. The Morgan fingerprint density at radius 3 is 3.17 bits per heavy atom. The zero-order chi connectivity index (χ0) is 8.55. The maximum absolute atomic E-state index is 11.0. The van der Waals surface area contributed by atoms with Gasteiger partial charge < -0.3 is 9.47 Å². The Kier molecular flexibility index (Phi) is 2.05. The van der Waals surface area contributed by atoms with Gasteiger partial charge in [0.1, 0.15) is 0 Å². The van der Waals surface area contributed by atoms with Crippen LogP contribution in [0.4, 0.5) is 0 Å². The Labute approximate surface area is 72.0 Å². The zero-order valence-electron chi connectivity index (χ0n) is 7.29. The van der Waals surface area contributed by atoms with E-state index in [-0.39, 0.29) is 5.97 Å². The lowest BCUT2D eigenvalue weighted by molar-refractivity contribution is -0.142. The second-order valence-electron chi connectivity index (χ2n) is 3.61. The fraction of sp³-hybridized carbons (Fsp3) is 0.889. The van der Waals surface area contributed by atoms with Gasteiger partial charge in [0.2, 0.25) is 0 Å². The van der Waals surface area contributed by atoms with E-state index in [9.17, 15) is 4.79 Å². The summed E-state index contributed by atoms with van der Waals surface area (Å²) in [6.07, 6.45) is 4.88. The molecule has 2 aliphatic rings. The predicted octanol–water partition coefficient (Wildman–Crippen LogP) is 1.12. The molecule has 0 amide bonds. The number of hydrogen-bond acceptors (Lipinski definition) is 3. The van der Waals surface area contributed by atoms with Gasteiger partial charge in [0.25, 0.3) is 0 Å². The van der Waals surface area contributed by atoms with Gasteiger partial charge in [-0.3, -0.25) is 4.79 Å². The molecular weight excluding hydrogens is 156 g/mol. The van der Waals surface area contributed by atoms with Crippen LogP contribution >= 0.6 is 0 Å². The standard InChI is InChI=1S/C9H14O3/c1-11-8(10)5-6-3-2-4-7-9(6)12-7/h6-7,9H,2-5H2,1H3. The van der Waals surface area contributed by atoms with Gasteiger partial charge in [-0.1, -0.05) is 6.42 Å². The van der Waals surface area contributed by atoms with Gasteiger partial charge in [-0.15, -0.1) is 0 Å². The molecule has 0 aromatic rings.